The summed E-state index contributed by atoms with van der Waals surface area (Å²) in [4.78, 5) is 0. The molecule has 0 aromatic heterocycles. The van der Waals surface area contributed by atoms with Crippen LogP contribution in [0.4, 0.5) is 0 Å². The van der Waals surface area contributed by atoms with E-state index in [0.717, 1.165) is 57.7 Å². The Morgan fingerprint density at radius 1 is 0.885 bits per heavy atom. The van der Waals surface area contributed by atoms with Gasteiger partial charge in [0.2, 0.25) is 0 Å². The summed E-state index contributed by atoms with van der Waals surface area (Å²) in [7, 11) is 0. The normalized spacial score (nSPS) is 13.7. The molecule has 0 aromatic rings. The summed E-state index contributed by atoms with van der Waals surface area (Å²) in [6.45, 7) is 17.0. The lowest BCUT2D eigenvalue weighted by Gasteiger charge is -2.29. The zero-order valence-electron chi connectivity index (χ0n) is 18.8. The van der Waals surface area contributed by atoms with Gasteiger partial charge >= 0.3 is 0 Å². The van der Waals surface area contributed by atoms with Crippen molar-refractivity contribution in [2.24, 2.45) is 5.92 Å². The minimum atomic E-state index is -0.435. The molecule has 154 valence electrons. The molecule has 0 saturated heterocycles. The third kappa shape index (κ3) is 14.6. The molecule has 0 heterocycles. The Kier molecular flexibility index (Phi) is 15.1. The molecule has 0 radical (unpaired) electrons. The summed E-state index contributed by atoms with van der Waals surface area (Å²) in [6, 6.07) is 0. The zero-order chi connectivity index (χ0) is 19.8. The molecule has 0 rings (SSSR count). The van der Waals surface area contributed by atoms with E-state index in [9.17, 15) is 0 Å². The number of rotatable bonds is 16. The molecular formula is C24H46O2. The van der Waals surface area contributed by atoms with Crippen LogP contribution in [0.3, 0.4) is 0 Å². The molecular weight excluding hydrogens is 320 g/mol. The maximum Gasteiger partial charge on any atom is 0.165 e. The fourth-order valence-corrected chi connectivity index (χ4v) is 2.94. The van der Waals surface area contributed by atoms with Crippen molar-refractivity contribution in [3.63, 3.8) is 0 Å². The van der Waals surface area contributed by atoms with Gasteiger partial charge in [-0.25, -0.2) is 0 Å². The smallest absolute Gasteiger partial charge is 0.165 e. The molecule has 0 spiro atoms. The first-order valence-electron chi connectivity index (χ1n) is 10.9. The molecule has 0 aliphatic rings. The quantitative estimate of drug-likeness (QED) is 0.205. The fourth-order valence-electron chi connectivity index (χ4n) is 2.94. The molecule has 0 amide bonds. The third-order valence-corrected chi connectivity index (χ3v) is 4.70. The van der Waals surface area contributed by atoms with Gasteiger partial charge in [-0.3, -0.25) is 0 Å². The predicted octanol–water partition coefficient (Wildman–Crippen LogP) is 7.84. The average molecular weight is 367 g/mol. The van der Waals surface area contributed by atoms with Gasteiger partial charge in [0.15, 0.2) is 5.79 Å². The Labute approximate surface area is 164 Å². The van der Waals surface area contributed by atoms with E-state index in [1.165, 1.54) is 24.8 Å². The van der Waals surface area contributed by atoms with Crippen molar-refractivity contribution in [1.82, 2.24) is 0 Å². The number of hydrogen-bond donors (Lipinski definition) is 0. The first-order valence-corrected chi connectivity index (χ1v) is 10.9. The van der Waals surface area contributed by atoms with E-state index < -0.39 is 5.79 Å². The van der Waals surface area contributed by atoms with E-state index in [0.29, 0.717) is 0 Å². The van der Waals surface area contributed by atoms with Gasteiger partial charge < -0.3 is 9.47 Å². The van der Waals surface area contributed by atoms with Crippen LogP contribution in [0.5, 0.6) is 0 Å². The molecule has 0 N–H and O–H groups in total. The van der Waals surface area contributed by atoms with Crippen molar-refractivity contribution >= 4 is 0 Å². The van der Waals surface area contributed by atoms with Gasteiger partial charge in [0.05, 0.1) is 0 Å². The SMILES string of the molecule is CCCOC(C)(CCC=C(C)CCC=C(C)CCCC(C)C)OCCC. The predicted molar refractivity (Wildman–Crippen MR) is 116 cm³/mol. The van der Waals surface area contributed by atoms with Crippen LogP contribution in [0.1, 0.15) is 106 Å². The molecule has 2 heteroatoms. The molecule has 0 aliphatic heterocycles. The molecule has 0 aromatic carbocycles. The highest BCUT2D eigenvalue weighted by Crippen LogP contribution is 2.22. The number of allylic oxidation sites excluding steroid dienone is 4. The summed E-state index contributed by atoms with van der Waals surface area (Å²) < 4.78 is 11.9. The molecule has 0 fully saturated rings. The Hall–Kier alpha value is -0.600. The van der Waals surface area contributed by atoms with Crippen molar-refractivity contribution in [2.45, 2.75) is 112 Å². The third-order valence-electron chi connectivity index (χ3n) is 4.70. The van der Waals surface area contributed by atoms with Gasteiger partial charge in [-0.1, -0.05) is 57.4 Å². The van der Waals surface area contributed by atoms with E-state index in [2.05, 4.69) is 60.6 Å². The van der Waals surface area contributed by atoms with Gasteiger partial charge in [0.1, 0.15) is 0 Å². The minimum absolute atomic E-state index is 0.435. The highest BCUT2D eigenvalue weighted by atomic mass is 16.7. The number of ether oxygens (including phenoxy) is 2. The molecule has 26 heavy (non-hydrogen) atoms. The van der Waals surface area contributed by atoms with Gasteiger partial charge in [-0.15, -0.1) is 0 Å². The van der Waals surface area contributed by atoms with Gasteiger partial charge in [0, 0.05) is 19.6 Å². The van der Waals surface area contributed by atoms with Gasteiger partial charge in [-0.2, -0.15) is 0 Å². The second-order valence-electron chi connectivity index (χ2n) is 8.30. The van der Waals surface area contributed by atoms with Crippen molar-refractivity contribution in [3.8, 4) is 0 Å². The maximum absolute atomic E-state index is 5.97. The first-order chi connectivity index (χ1) is 12.3. The lowest BCUT2D eigenvalue weighted by Crippen LogP contribution is -2.33. The molecule has 2 nitrogen and oxygen atoms in total. The van der Waals surface area contributed by atoms with Crippen molar-refractivity contribution in [1.29, 1.82) is 0 Å². The Balaban J connectivity index is 4.20. The first kappa shape index (κ1) is 25.4. The lowest BCUT2D eigenvalue weighted by molar-refractivity contribution is -0.228. The van der Waals surface area contributed by atoms with Crippen LogP contribution in [-0.2, 0) is 9.47 Å². The average Bonchev–Trinajstić information content (AvgIpc) is 2.58. The zero-order valence-corrected chi connectivity index (χ0v) is 18.8. The Morgan fingerprint density at radius 2 is 1.42 bits per heavy atom. The highest BCUT2D eigenvalue weighted by Gasteiger charge is 2.24. The Bertz CT molecular complexity index is 385. The van der Waals surface area contributed by atoms with Crippen LogP contribution >= 0.6 is 0 Å². The van der Waals surface area contributed by atoms with Crippen LogP contribution in [0, 0.1) is 5.92 Å². The van der Waals surface area contributed by atoms with Crippen molar-refractivity contribution in [2.75, 3.05) is 13.2 Å². The monoisotopic (exact) mass is 366 g/mol. The summed E-state index contributed by atoms with van der Waals surface area (Å²) >= 11 is 0. The van der Waals surface area contributed by atoms with Gasteiger partial charge in [0.25, 0.3) is 0 Å². The lowest BCUT2D eigenvalue weighted by atomic mass is 10.0. The Morgan fingerprint density at radius 3 is 1.96 bits per heavy atom. The summed E-state index contributed by atoms with van der Waals surface area (Å²) in [5, 5.41) is 0. The van der Waals surface area contributed by atoms with E-state index in [1.807, 2.05) is 0 Å². The minimum Gasteiger partial charge on any atom is -0.350 e. The van der Waals surface area contributed by atoms with Crippen LogP contribution < -0.4 is 0 Å². The van der Waals surface area contributed by atoms with Crippen LogP contribution in [-0.4, -0.2) is 19.0 Å². The molecule has 0 aliphatic carbocycles. The topological polar surface area (TPSA) is 18.5 Å². The second-order valence-corrected chi connectivity index (χ2v) is 8.30. The largest absolute Gasteiger partial charge is 0.350 e. The van der Waals surface area contributed by atoms with E-state index in [4.69, 9.17) is 9.47 Å². The number of hydrogen-bond acceptors (Lipinski definition) is 2. The summed E-state index contributed by atoms with van der Waals surface area (Å²) in [5.41, 5.74) is 3.02. The maximum atomic E-state index is 5.97. The van der Waals surface area contributed by atoms with E-state index in [-0.39, 0.29) is 0 Å². The summed E-state index contributed by atoms with van der Waals surface area (Å²) in [5.74, 6) is 0.386. The molecule has 0 bridgehead atoms. The molecule has 0 saturated carbocycles. The molecule has 0 atom stereocenters. The molecule has 0 unspecified atom stereocenters. The second kappa shape index (κ2) is 15.5. The fraction of sp³-hybridized carbons (Fsp3) is 0.833. The van der Waals surface area contributed by atoms with Gasteiger partial charge in [-0.05, 0) is 71.6 Å². The summed E-state index contributed by atoms with van der Waals surface area (Å²) in [6.07, 6.45) is 15.0. The van der Waals surface area contributed by atoms with Crippen LogP contribution in [0.2, 0.25) is 0 Å². The van der Waals surface area contributed by atoms with Crippen molar-refractivity contribution in [3.05, 3.63) is 23.3 Å². The van der Waals surface area contributed by atoms with E-state index >= 15 is 0 Å². The van der Waals surface area contributed by atoms with Crippen LogP contribution in [0.25, 0.3) is 0 Å². The van der Waals surface area contributed by atoms with Crippen molar-refractivity contribution < 1.29 is 9.47 Å². The van der Waals surface area contributed by atoms with Crippen LogP contribution in [0.15, 0.2) is 23.3 Å². The van der Waals surface area contributed by atoms with E-state index in [1.54, 1.807) is 5.57 Å². The highest BCUT2D eigenvalue weighted by molar-refractivity contribution is 5.03. The standard InChI is InChI=1S/C24H46O2/c1-8-19-25-24(7,26-20-9-2)18-12-17-23(6)16-11-15-22(5)14-10-13-21(3)4/h15,17,21H,8-14,16,18-20H2,1-7H3.